The predicted octanol–water partition coefficient (Wildman–Crippen LogP) is 1.34. The number of hydrogen-bond donors (Lipinski definition) is 1. The van der Waals surface area contributed by atoms with Crippen molar-refractivity contribution in [2.75, 3.05) is 37.0 Å². The van der Waals surface area contributed by atoms with E-state index in [1.54, 1.807) is 7.05 Å². The monoisotopic (exact) mass is 339 g/mol. The lowest BCUT2D eigenvalue weighted by atomic mass is 10.2. The zero-order valence-electron chi connectivity index (χ0n) is 13.9. The second-order valence-corrected chi connectivity index (χ2v) is 8.38. The Morgan fingerprint density at radius 1 is 1.30 bits per heavy atom. The molecule has 1 aliphatic heterocycles. The average Bonchev–Trinajstić information content (AvgIpc) is 2.91. The molecule has 0 saturated carbocycles. The van der Waals surface area contributed by atoms with Gasteiger partial charge in [-0.05, 0) is 25.5 Å². The van der Waals surface area contributed by atoms with Crippen molar-refractivity contribution in [3.8, 4) is 0 Å². The smallest absolute Gasteiger partial charge is 0.317 e. The summed E-state index contributed by atoms with van der Waals surface area (Å²) in [5.41, 5.74) is 1.09. The minimum Gasteiger partial charge on any atom is -0.370 e. The topological polar surface area (TPSA) is 69.7 Å². The molecule has 0 bridgehead atoms. The number of nitrogens with zero attached hydrogens (tertiary/aromatic N) is 2. The van der Waals surface area contributed by atoms with Gasteiger partial charge in [0.25, 0.3) is 0 Å². The minimum absolute atomic E-state index is 0.0659. The van der Waals surface area contributed by atoms with E-state index in [2.05, 4.69) is 10.2 Å². The number of carbonyl (C=O) groups is 1. The number of amides is 2. The fraction of sp³-hybridized carbons (Fsp3) is 0.562. The number of likely N-dealkylation sites (N-methyl/N-ethyl adjacent to an activating group) is 1. The van der Waals surface area contributed by atoms with Gasteiger partial charge in [0.2, 0.25) is 0 Å². The van der Waals surface area contributed by atoms with E-state index >= 15 is 0 Å². The highest BCUT2D eigenvalue weighted by molar-refractivity contribution is 7.91. The summed E-state index contributed by atoms with van der Waals surface area (Å²) in [5, 5.41) is 2.89. The molecule has 2 amide bonds. The summed E-state index contributed by atoms with van der Waals surface area (Å²) >= 11 is 0. The number of hydrogen-bond acceptors (Lipinski definition) is 4. The van der Waals surface area contributed by atoms with Crippen molar-refractivity contribution in [1.82, 2.24) is 10.2 Å². The molecule has 6 nitrogen and oxygen atoms in total. The van der Waals surface area contributed by atoms with Gasteiger partial charge in [-0.1, -0.05) is 18.2 Å². The first-order valence-electron chi connectivity index (χ1n) is 7.79. The third-order valence-electron chi connectivity index (χ3n) is 4.45. The molecule has 1 heterocycles. The summed E-state index contributed by atoms with van der Waals surface area (Å²) in [6, 6.07) is 9.65. The van der Waals surface area contributed by atoms with Gasteiger partial charge in [0.15, 0.2) is 9.84 Å². The first-order chi connectivity index (χ1) is 10.8. The van der Waals surface area contributed by atoms with E-state index in [0.717, 1.165) is 5.69 Å². The highest BCUT2D eigenvalue weighted by Crippen LogP contribution is 2.17. The van der Waals surface area contributed by atoms with Crippen LogP contribution in [0.1, 0.15) is 13.3 Å². The number of anilines is 1. The molecule has 1 N–H and O–H groups in total. The van der Waals surface area contributed by atoms with Gasteiger partial charge in [-0.3, -0.25) is 0 Å². The standard InChI is InChI=1S/C16H25N3O3S/c1-13(18(2)14-7-5-4-6-8-14)11-17-16(20)19(3)15-9-10-23(21,22)12-15/h4-8,13,15H,9-12H2,1-3H3,(H,17,20)/t13-,15-/m1/s1. The number of rotatable bonds is 5. The fourth-order valence-corrected chi connectivity index (χ4v) is 4.44. The van der Waals surface area contributed by atoms with Crippen LogP contribution < -0.4 is 10.2 Å². The Morgan fingerprint density at radius 3 is 2.52 bits per heavy atom. The van der Waals surface area contributed by atoms with Crippen molar-refractivity contribution in [3.63, 3.8) is 0 Å². The lowest BCUT2D eigenvalue weighted by Crippen LogP contribution is -2.48. The highest BCUT2D eigenvalue weighted by Gasteiger charge is 2.32. The normalized spacial score (nSPS) is 20.7. The molecule has 0 radical (unpaired) electrons. The van der Waals surface area contributed by atoms with Crippen LogP contribution in [0.3, 0.4) is 0 Å². The lowest BCUT2D eigenvalue weighted by molar-refractivity contribution is 0.194. The third-order valence-corrected chi connectivity index (χ3v) is 6.20. The molecule has 128 valence electrons. The molecule has 0 spiro atoms. The van der Waals surface area contributed by atoms with E-state index in [0.29, 0.717) is 13.0 Å². The molecule has 0 unspecified atom stereocenters. The van der Waals surface area contributed by atoms with Gasteiger partial charge in [-0.25, -0.2) is 13.2 Å². The molecule has 0 aromatic heterocycles. The Hall–Kier alpha value is -1.76. The SMILES string of the molecule is C[C@H](CNC(=O)N(C)[C@@H]1CCS(=O)(=O)C1)N(C)c1ccccc1. The summed E-state index contributed by atoms with van der Waals surface area (Å²) < 4.78 is 23.0. The summed E-state index contributed by atoms with van der Waals surface area (Å²) in [6.07, 6.45) is 0.520. The Morgan fingerprint density at radius 2 is 1.96 bits per heavy atom. The number of sulfone groups is 1. The van der Waals surface area contributed by atoms with E-state index in [9.17, 15) is 13.2 Å². The van der Waals surface area contributed by atoms with Crippen LogP contribution >= 0.6 is 0 Å². The molecule has 2 atom stereocenters. The first-order valence-corrected chi connectivity index (χ1v) is 9.61. The lowest BCUT2D eigenvalue weighted by Gasteiger charge is -2.29. The third kappa shape index (κ3) is 4.60. The molecule has 1 aromatic carbocycles. The van der Waals surface area contributed by atoms with Crippen molar-refractivity contribution in [3.05, 3.63) is 30.3 Å². The quantitative estimate of drug-likeness (QED) is 0.879. The Bertz CT molecular complexity index is 633. The number of benzene rings is 1. The van der Waals surface area contributed by atoms with Crippen LogP contribution in [-0.2, 0) is 9.84 Å². The van der Waals surface area contributed by atoms with Gasteiger partial charge in [0.1, 0.15) is 0 Å². The van der Waals surface area contributed by atoms with Gasteiger partial charge in [-0.2, -0.15) is 0 Å². The largest absolute Gasteiger partial charge is 0.370 e. The summed E-state index contributed by atoms with van der Waals surface area (Å²) in [7, 11) is 0.660. The van der Waals surface area contributed by atoms with E-state index in [-0.39, 0.29) is 29.6 Å². The Labute approximate surface area is 138 Å². The average molecular weight is 339 g/mol. The Balaban J connectivity index is 1.84. The number of urea groups is 1. The summed E-state index contributed by atoms with van der Waals surface area (Å²) in [4.78, 5) is 15.8. The van der Waals surface area contributed by atoms with Crippen LogP contribution in [-0.4, -0.2) is 63.6 Å². The molecule has 7 heteroatoms. The maximum Gasteiger partial charge on any atom is 0.317 e. The van der Waals surface area contributed by atoms with Crippen molar-refractivity contribution >= 4 is 21.6 Å². The molecular weight excluding hydrogens is 314 g/mol. The van der Waals surface area contributed by atoms with Crippen molar-refractivity contribution in [2.45, 2.75) is 25.4 Å². The van der Waals surface area contributed by atoms with E-state index in [1.807, 2.05) is 44.3 Å². The molecule has 1 fully saturated rings. The second-order valence-electron chi connectivity index (χ2n) is 6.15. The molecule has 2 rings (SSSR count). The van der Waals surface area contributed by atoms with Gasteiger partial charge in [0.05, 0.1) is 11.5 Å². The highest BCUT2D eigenvalue weighted by atomic mass is 32.2. The van der Waals surface area contributed by atoms with E-state index in [1.165, 1.54) is 4.90 Å². The minimum atomic E-state index is -2.98. The van der Waals surface area contributed by atoms with E-state index in [4.69, 9.17) is 0 Å². The van der Waals surface area contributed by atoms with Crippen molar-refractivity contribution in [2.24, 2.45) is 0 Å². The van der Waals surface area contributed by atoms with Crippen LogP contribution in [0.2, 0.25) is 0 Å². The molecule has 23 heavy (non-hydrogen) atoms. The van der Waals surface area contributed by atoms with Crippen LogP contribution in [0.25, 0.3) is 0 Å². The molecular formula is C16H25N3O3S. The number of carbonyl (C=O) groups excluding carboxylic acids is 1. The maximum atomic E-state index is 12.2. The van der Waals surface area contributed by atoms with Crippen LogP contribution in [0, 0.1) is 0 Å². The fourth-order valence-electron chi connectivity index (χ4n) is 2.66. The van der Waals surface area contributed by atoms with Crippen LogP contribution in [0.15, 0.2) is 30.3 Å². The van der Waals surface area contributed by atoms with Gasteiger partial charge in [0, 0.05) is 38.4 Å². The van der Waals surface area contributed by atoms with Crippen LogP contribution in [0.4, 0.5) is 10.5 Å². The zero-order chi connectivity index (χ0) is 17.0. The molecule has 1 aromatic rings. The Kier molecular flexibility index (Phi) is 5.51. The van der Waals surface area contributed by atoms with Gasteiger partial charge >= 0.3 is 6.03 Å². The first kappa shape index (κ1) is 17.6. The maximum absolute atomic E-state index is 12.2. The van der Waals surface area contributed by atoms with Crippen molar-refractivity contribution in [1.29, 1.82) is 0 Å². The van der Waals surface area contributed by atoms with Gasteiger partial charge in [-0.15, -0.1) is 0 Å². The van der Waals surface area contributed by atoms with Gasteiger partial charge < -0.3 is 15.1 Å². The number of nitrogens with one attached hydrogen (secondary N) is 1. The molecule has 0 aliphatic carbocycles. The summed E-state index contributed by atoms with van der Waals surface area (Å²) in [5.74, 6) is 0.235. The molecule has 1 aliphatic rings. The molecule has 1 saturated heterocycles. The zero-order valence-corrected chi connectivity index (χ0v) is 14.7. The number of para-hydroxylation sites is 1. The van der Waals surface area contributed by atoms with Crippen molar-refractivity contribution < 1.29 is 13.2 Å². The van der Waals surface area contributed by atoms with E-state index < -0.39 is 9.84 Å². The summed E-state index contributed by atoms with van der Waals surface area (Å²) in [6.45, 7) is 2.53. The predicted molar refractivity (Wildman–Crippen MR) is 92.5 cm³/mol. The second kappa shape index (κ2) is 7.21. The van der Waals surface area contributed by atoms with Crippen LogP contribution in [0.5, 0.6) is 0 Å².